The average Bonchev–Trinajstić information content (AvgIpc) is 2.62. The van der Waals surface area contributed by atoms with Gasteiger partial charge in [-0.1, -0.05) is 6.92 Å². The largest absolute Gasteiger partial charge is 0.353 e. The molecule has 3 atom stereocenters. The number of hydrogen-bond donors (Lipinski definition) is 3. The Hall–Kier alpha value is -2.21. The first-order chi connectivity index (χ1) is 12.8. The topological polar surface area (TPSA) is 74.0 Å². The molecule has 0 radical (unpaired) electrons. The fourth-order valence-electron chi connectivity index (χ4n) is 4.26. The van der Waals surface area contributed by atoms with Crippen molar-refractivity contribution in [2.24, 2.45) is 11.8 Å². The van der Waals surface area contributed by atoms with Crippen LogP contribution in [0.1, 0.15) is 37.0 Å². The van der Waals surface area contributed by atoms with E-state index >= 15 is 0 Å². The van der Waals surface area contributed by atoms with Crippen molar-refractivity contribution < 1.29 is 9.18 Å². The van der Waals surface area contributed by atoms with Crippen molar-refractivity contribution in [3.05, 3.63) is 45.0 Å². The second-order valence-electron chi connectivity index (χ2n) is 7.82. The zero-order chi connectivity index (χ0) is 19.7. The molecule has 6 heteroatoms. The maximum absolute atomic E-state index is 14.0. The minimum absolute atomic E-state index is 0.00801. The third-order valence-electron chi connectivity index (χ3n) is 6.00. The van der Waals surface area contributed by atoms with E-state index in [1.807, 2.05) is 6.92 Å². The molecule has 0 spiro atoms. The summed E-state index contributed by atoms with van der Waals surface area (Å²) >= 11 is 0. The lowest BCUT2D eigenvalue weighted by molar-refractivity contribution is -0.121. The summed E-state index contributed by atoms with van der Waals surface area (Å²) in [5.41, 5.74) is 1.85. The zero-order valence-corrected chi connectivity index (χ0v) is 16.4. The van der Waals surface area contributed by atoms with Gasteiger partial charge in [0.1, 0.15) is 5.82 Å². The highest BCUT2D eigenvalue weighted by atomic mass is 19.1. The van der Waals surface area contributed by atoms with E-state index in [2.05, 4.69) is 22.5 Å². The highest BCUT2D eigenvalue weighted by Crippen LogP contribution is 2.24. The van der Waals surface area contributed by atoms with Gasteiger partial charge in [-0.05, 0) is 68.8 Å². The molecule has 2 unspecified atom stereocenters. The third-order valence-corrected chi connectivity index (χ3v) is 6.00. The van der Waals surface area contributed by atoms with Gasteiger partial charge in [-0.2, -0.15) is 0 Å². The van der Waals surface area contributed by atoms with Gasteiger partial charge in [-0.15, -0.1) is 0 Å². The van der Waals surface area contributed by atoms with Crippen LogP contribution in [0.2, 0.25) is 0 Å². The summed E-state index contributed by atoms with van der Waals surface area (Å²) in [4.78, 5) is 27.9. The maximum Gasteiger partial charge on any atom is 0.252 e. The van der Waals surface area contributed by atoms with Crippen molar-refractivity contribution in [2.45, 2.75) is 46.6 Å². The summed E-state index contributed by atoms with van der Waals surface area (Å²) in [6, 6.07) is 2.94. The predicted molar refractivity (Wildman–Crippen MR) is 105 cm³/mol. The fraction of sp³-hybridized carbons (Fsp3) is 0.524. The number of nitrogens with one attached hydrogen (secondary N) is 3. The number of halogens is 1. The maximum atomic E-state index is 14.0. The molecule has 1 aromatic carbocycles. The summed E-state index contributed by atoms with van der Waals surface area (Å²) in [7, 11) is 0. The first-order valence-electron chi connectivity index (χ1n) is 9.60. The van der Waals surface area contributed by atoms with Gasteiger partial charge in [0.25, 0.3) is 5.56 Å². The van der Waals surface area contributed by atoms with Gasteiger partial charge in [0.05, 0.1) is 6.42 Å². The number of hydrogen-bond acceptors (Lipinski definition) is 3. The van der Waals surface area contributed by atoms with E-state index in [9.17, 15) is 14.0 Å². The van der Waals surface area contributed by atoms with Gasteiger partial charge in [0.15, 0.2) is 0 Å². The molecule has 2 aromatic rings. The second kappa shape index (κ2) is 7.80. The quantitative estimate of drug-likeness (QED) is 0.771. The number of rotatable bonds is 4. The van der Waals surface area contributed by atoms with Crippen LogP contribution in [0.4, 0.5) is 4.39 Å². The van der Waals surface area contributed by atoms with Crippen LogP contribution in [0.25, 0.3) is 10.9 Å². The Labute approximate surface area is 158 Å². The monoisotopic (exact) mass is 373 g/mol. The number of carbonyl (C=O) groups excluding carboxylic acids is 1. The van der Waals surface area contributed by atoms with Crippen molar-refractivity contribution in [1.29, 1.82) is 0 Å². The number of benzene rings is 1. The van der Waals surface area contributed by atoms with E-state index < -0.39 is 0 Å². The number of aromatic nitrogens is 1. The van der Waals surface area contributed by atoms with Crippen molar-refractivity contribution in [1.82, 2.24) is 15.6 Å². The van der Waals surface area contributed by atoms with Crippen molar-refractivity contribution in [2.75, 3.05) is 13.1 Å². The summed E-state index contributed by atoms with van der Waals surface area (Å²) < 4.78 is 14.0. The van der Waals surface area contributed by atoms with Crippen LogP contribution in [-0.2, 0) is 11.2 Å². The number of amides is 1. The highest BCUT2D eigenvalue weighted by Gasteiger charge is 2.27. The zero-order valence-electron chi connectivity index (χ0n) is 16.4. The Morgan fingerprint density at radius 1 is 1.33 bits per heavy atom. The first kappa shape index (κ1) is 19.5. The van der Waals surface area contributed by atoms with Gasteiger partial charge in [-0.3, -0.25) is 9.59 Å². The molecule has 146 valence electrons. The van der Waals surface area contributed by atoms with Crippen molar-refractivity contribution in [3.63, 3.8) is 0 Å². The van der Waals surface area contributed by atoms with E-state index in [0.717, 1.165) is 19.5 Å². The van der Waals surface area contributed by atoms with Crippen LogP contribution in [0.3, 0.4) is 0 Å². The van der Waals surface area contributed by atoms with E-state index in [0.29, 0.717) is 39.4 Å². The Kier molecular flexibility index (Phi) is 5.65. The summed E-state index contributed by atoms with van der Waals surface area (Å²) in [6.07, 6.45) is 1.09. The van der Waals surface area contributed by atoms with Crippen LogP contribution in [-0.4, -0.2) is 30.0 Å². The molecular formula is C21H28FN3O2. The van der Waals surface area contributed by atoms with Gasteiger partial charge in [0, 0.05) is 29.1 Å². The van der Waals surface area contributed by atoms with Crippen LogP contribution >= 0.6 is 0 Å². The lowest BCUT2D eigenvalue weighted by Gasteiger charge is -2.34. The molecule has 1 amide bonds. The summed E-state index contributed by atoms with van der Waals surface area (Å²) in [6.45, 7) is 9.60. The number of pyridine rings is 1. The number of aryl methyl sites for hydroxylation is 2. The van der Waals surface area contributed by atoms with Crippen molar-refractivity contribution in [3.8, 4) is 0 Å². The lowest BCUT2D eigenvalue weighted by Crippen LogP contribution is -2.48. The second-order valence-corrected chi connectivity index (χ2v) is 7.82. The fourth-order valence-corrected chi connectivity index (χ4v) is 4.26. The molecule has 2 heterocycles. The molecule has 3 N–H and O–H groups in total. The number of fused-ring (bicyclic) bond motifs is 1. The molecule has 0 bridgehead atoms. The van der Waals surface area contributed by atoms with E-state index in [-0.39, 0.29) is 29.7 Å². The molecule has 1 aliphatic rings. The molecule has 0 aliphatic carbocycles. The predicted octanol–water partition coefficient (Wildman–Crippen LogP) is 2.58. The number of aromatic amines is 1. The molecular weight excluding hydrogens is 345 g/mol. The van der Waals surface area contributed by atoms with Crippen LogP contribution in [0, 0.1) is 31.5 Å². The lowest BCUT2D eigenvalue weighted by atomic mass is 9.83. The minimum Gasteiger partial charge on any atom is -0.353 e. The Bertz CT molecular complexity index is 922. The van der Waals surface area contributed by atoms with Crippen LogP contribution < -0.4 is 16.2 Å². The molecule has 3 rings (SSSR count). The van der Waals surface area contributed by atoms with E-state index in [1.54, 1.807) is 19.9 Å². The normalized spacial score (nSPS) is 21.2. The molecule has 1 fully saturated rings. The number of H-pyrrole nitrogens is 1. The van der Waals surface area contributed by atoms with Gasteiger partial charge < -0.3 is 15.6 Å². The molecule has 1 saturated heterocycles. The Morgan fingerprint density at radius 2 is 2.07 bits per heavy atom. The molecule has 1 aliphatic heterocycles. The molecule has 1 aromatic heterocycles. The summed E-state index contributed by atoms with van der Waals surface area (Å²) in [5, 5.41) is 7.10. The average molecular weight is 373 g/mol. The van der Waals surface area contributed by atoms with E-state index in [4.69, 9.17) is 0 Å². The standard InChI is InChI=1S/C21H28FN3O2/c1-11-7-8-23-10-16(11)14(4)24-19(26)9-15-12(2)20-13(3)17(22)5-6-18(20)25-21(15)27/h5-6,11,14,16,23H,7-10H2,1-4H3,(H,24,26)(H,25,27)/t11?,14-,16?/m0/s1. The van der Waals surface area contributed by atoms with Gasteiger partial charge >= 0.3 is 0 Å². The molecule has 0 saturated carbocycles. The number of carbonyl (C=O) groups is 1. The highest BCUT2D eigenvalue weighted by molar-refractivity contribution is 5.88. The van der Waals surface area contributed by atoms with Crippen molar-refractivity contribution >= 4 is 16.8 Å². The van der Waals surface area contributed by atoms with Gasteiger partial charge in [-0.25, -0.2) is 4.39 Å². The van der Waals surface area contributed by atoms with Crippen LogP contribution in [0.5, 0.6) is 0 Å². The Morgan fingerprint density at radius 3 is 2.78 bits per heavy atom. The van der Waals surface area contributed by atoms with Gasteiger partial charge in [0.2, 0.25) is 5.91 Å². The Balaban J connectivity index is 1.82. The number of piperidine rings is 1. The SMILES string of the molecule is Cc1c(F)ccc2[nH]c(=O)c(CC(=O)N[C@@H](C)C3CNCCC3C)c(C)c12. The molecule has 27 heavy (non-hydrogen) atoms. The summed E-state index contributed by atoms with van der Waals surface area (Å²) in [5.74, 6) is 0.413. The molecule has 5 nitrogen and oxygen atoms in total. The smallest absolute Gasteiger partial charge is 0.252 e. The van der Waals surface area contributed by atoms with E-state index in [1.165, 1.54) is 6.07 Å². The third kappa shape index (κ3) is 3.90. The van der Waals surface area contributed by atoms with Crippen LogP contribution in [0.15, 0.2) is 16.9 Å². The first-order valence-corrected chi connectivity index (χ1v) is 9.60. The minimum atomic E-state index is -0.319.